The van der Waals surface area contributed by atoms with Crippen molar-refractivity contribution in [1.29, 1.82) is 0 Å². The second-order valence-corrected chi connectivity index (χ2v) is 6.92. The lowest BCUT2D eigenvalue weighted by atomic mass is 9.99. The minimum absolute atomic E-state index is 0.0875. The number of alkyl carbamates (subject to hydrolysis) is 1. The van der Waals surface area contributed by atoms with Crippen molar-refractivity contribution in [3.8, 4) is 0 Å². The maximum atomic E-state index is 11.7. The van der Waals surface area contributed by atoms with Crippen LogP contribution in [0.5, 0.6) is 0 Å². The van der Waals surface area contributed by atoms with Gasteiger partial charge in [0.25, 0.3) is 0 Å². The molecule has 8 heteroatoms. The van der Waals surface area contributed by atoms with Gasteiger partial charge in [0.15, 0.2) is 6.10 Å². The van der Waals surface area contributed by atoms with Gasteiger partial charge in [0.1, 0.15) is 6.61 Å². The molecule has 0 aliphatic rings. The highest BCUT2D eigenvalue weighted by atomic mass is 16.5. The number of nitrogens with one attached hydrogen (secondary N) is 2. The van der Waals surface area contributed by atoms with Gasteiger partial charge in [-0.1, -0.05) is 44.2 Å². The van der Waals surface area contributed by atoms with Crippen LogP contribution in [0.3, 0.4) is 0 Å². The molecule has 154 valence electrons. The number of aromatic amines is 1. The van der Waals surface area contributed by atoms with Crippen molar-refractivity contribution in [3.63, 3.8) is 0 Å². The van der Waals surface area contributed by atoms with Crippen LogP contribution in [0.1, 0.15) is 37.2 Å². The monoisotopic (exact) mass is 391 g/mol. The highest BCUT2D eigenvalue weighted by Gasteiger charge is 2.28. The summed E-state index contributed by atoms with van der Waals surface area (Å²) in [4.78, 5) is 22.5. The van der Waals surface area contributed by atoms with Crippen molar-refractivity contribution in [2.24, 2.45) is 5.92 Å². The van der Waals surface area contributed by atoms with Crippen LogP contribution in [0.2, 0.25) is 0 Å². The van der Waals surface area contributed by atoms with E-state index in [0.717, 1.165) is 17.0 Å². The zero-order chi connectivity index (χ0) is 21.1. The predicted molar refractivity (Wildman–Crippen MR) is 105 cm³/mol. The molecule has 1 aromatic heterocycles. The van der Waals surface area contributed by atoms with Crippen LogP contribution in [-0.2, 0) is 16.1 Å². The van der Waals surface area contributed by atoms with E-state index >= 15 is 0 Å². The van der Waals surface area contributed by atoms with Gasteiger partial charge in [-0.05, 0) is 37.8 Å². The van der Waals surface area contributed by atoms with Crippen molar-refractivity contribution >= 4 is 12.1 Å². The highest BCUT2D eigenvalue weighted by Crippen LogP contribution is 2.10. The number of aromatic nitrogens is 2. The van der Waals surface area contributed by atoms with Gasteiger partial charge >= 0.3 is 12.1 Å². The first-order valence-electron chi connectivity index (χ1n) is 9.05. The molecule has 1 unspecified atom stereocenters. The van der Waals surface area contributed by atoms with Crippen LogP contribution in [0.25, 0.3) is 0 Å². The lowest BCUT2D eigenvalue weighted by Gasteiger charge is -2.22. The van der Waals surface area contributed by atoms with Gasteiger partial charge < -0.3 is 20.3 Å². The number of aliphatic hydroxyl groups excluding tert-OH is 1. The summed E-state index contributed by atoms with van der Waals surface area (Å²) in [5.74, 6) is -1.25. The molecular weight excluding hydrogens is 362 g/mol. The molecule has 0 spiro atoms. The quantitative estimate of drug-likeness (QED) is 0.575. The van der Waals surface area contributed by atoms with Gasteiger partial charge in [-0.3, -0.25) is 5.10 Å². The fraction of sp³-hybridized carbons (Fsp3) is 0.450. The standard InChI is InChI=1S/C15H21NO5.C5H8N2/c1-10(2)8-12(13(17)14(18)19)16-15(20)21-9-11-6-4-3-5-7-11;1-4-3-5(2)7-6-4/h3-7,10,12-13,17H,8-9H2,1-2H3,(H,16,20)(H,18,19);3H,1-2H3,(H,6,7)/t12-,13?;/m0./s1. The van der Waals surface area contributed by atoms with Crippen molar-refractivity contribution in [3.05, 3.63) is 53.3 Å². The molecule has 0 saturated carbocycles. The van der Waals surface area contributed by atoms with E-state index in [1.54, 1.807) is 0 Å². The normalized spacial score (nSPS) is 12.5. The van der Waals surface area contributed by atoms with E-state index in [2.05, 4.69) is 15.5 Å². The number of carboxylic acid groups (broad SMARTS) is 1. The number of benzene rings is 1. The molecule has 0 aliphatic carbocycles. The minimum Gasteiger partial charge on any atom is -0.479 e. The van der Waals surface area contributed by atoms with Crippen molar-refractivity contribution in [2.45, 2.75) is 52.9 Å². The molecule has 1 amide bonds. The van der Waals surface area contributed by atoms with Crippen molar-refractivity contribution < 1.29 is 24.5 Å². The molecular formula is C20H29N3O5. The van der Waals surface area contributed by atoms with Gasteiger partial charge in [-0.25, -0.2) is 9.59 Å². The Bertz CT molecular complexity index is 714. The lowest BCUT2D eigenvalue weighted by molar-refractivity contribution is -0.148. The van der Waals surface area contributed by atoms with E-state index in [0.29, 0.717) is 6.42 Å². The Morgan fingerprint density at radius 1 is 1.21 bits per heavy atom. The van der Waals surface area contributed by atoms with Gasteiger partial charge in [-0.2, -0.15) is 5.10 Å². The fourth-order valence-corrected chi connectivity index (χ4v) is 2.42. The summed E-state index contributed by atoms with van der Waals surface area (Å²) in [6.45, 7) is 7.78. The molecule has 0 saturated heterocycles. The zero-order valence-corrected chi connectivity index (χ0v) is 16.7. The smallest absolute Gasteiger partial charge is 0.407 e. The first kappa shape index (κ1) is 23.2. The molecule has 1 heterocycles. The summed E-state index contributed by atoms with van der Waals surface area (Å²) in [6, 6.07) is 10.2. The Morgan fingerprint density at radius 2 is 1.86 bits per heavy atom. The second-order valence-electron chi connectivity index (χ2n) is 6.92. The maximum Gasteiger partial charge on any atom is 0.407 e. The van der Waals surface area contributed by atoms with Gasteiger partial charge in [0.05, 0.1) is 11.7 Å². The van der Waals surface area contributed by atoms with Crippen LogP contribution < -0.4 is 5.32 Å². The first-order chi connectivity index (χ1) is 13.2. The maximum absolute atomic E-state index is 11.7. The van der Waals surface area contributed by atoms with Gasteiger partial charge in [0, 0.05) is 5.69 Å². The third-order valence-electron chi connectivity index (χ3n) is 3.71. The summed E-state index contributed by atoms with van der Waals surface area (Å²) in [6.07, 6.45) is -2.06. The SMILES string of the molecule is CC(C)C[C@H](NC(=O)OCc1ccccc1)C(O)C(=O)O.Cc1cc(C)[nH]n1. The largest absolute Gasteiger partial charge is 0.479 e. The van der Waals surface area contributed by atoms with Crippen molar-refractivity contribution in [1.82, 2.24) is 15.5 Å². The number of aryl methyl sites for hydroxylation is 2. The van der Waals surface area contributed by atoms with E-state index in [-0.39, 0.29) is 12.5 Å². The van der Waals surface area contributed by atoms with Gasteiger partial charge in [-0.15, -0.1) is 0 Å². The number of nitrogens with zero attached hydrogens (tertiary/aromatic N) is 1. The Labute approximate surface area is 164 Å². The number of rotatable bonds is 7. The van der Waals surface area contributed by atoms with Gasteiger partial charge in [0.2, 0.25) is 0 Å². The number of carbonyl (C=O) groups excluding carboxylic acids is 1. The number of amides is 1. The molecule has 4 N–H and O–H groups in total. The second kappa shape index (κ2) is 11.8. The van der Waals surface area contributed by atoms with E-state index in [4.69, 9.17) is 9.84 Å². The number of ether oxygens (including phenoxy) is 1. The van der Waals surface area contributed by atoms with E-state index in [1.165, 1.54) is 0 Å². The van der Waals surface area contributed by atoms with E-state index in [1.807, 2.05) is 64.1 Å². The molecule has 2 atom stereocenters. The fourth-order valence-electron chi connectivity index (χ4n) is 2.42. The Kier molecular flexibility index (Phi) is 9.73. The molecule has 0 radical (unpaired) electrons. The van der Waals surface area contributed by atoms with E-state index in [9.17, 15) is 14.7 Å². The topological polar surface area (TPSA) is 125 Å². The van der Waals surface area contributed by atoms with Crippen LogP contribution in [0, 0.1) is 19.8 Å². The lowest BCUT2D eigenvalue weighted by Crippen LogP contribution is -2.47. The average molecular weight is 391 g/mol. The van der Waals surface area contributed by atoms with Crippen LogP contribution >= 0.6 is 0 Å². The molecule has 2 aromatic rings. The summed E-state index contributed by atoms with van der Waals surface area (Å²) in [5, 5.41) is 27.6. The number of hydrogen-bond donors (Lipinski definition) is 4. The third kappa shape index (κ3) is 9.18. The molecule has 0 bridgehead atoms. The highest BCUT2D eigenvalue weighted by molar-refractivity contribution is 5.75. The van der Waals surface area contributed by atoms with Crippen LogP contribution in [0.15, 0.2) is 36.4 Å². The van der Waals surface area contributed by atoms with Crippen molar-refractivity contribution in [2.75, 3.05) is 0 Å². The summed E-state index contributed by atoms with van der Waals surface area (Å²) < 4.78 is 5.02. The Morgan fingerprint density at radius 3 is 2.29 bits per heavy atom. The molecule has 8 nitrogen and oxygen atoms in total. The van der Waals surface area contributed by atoms with E-state index < -0.39 is 24.2 Å². The molecule has 1 aromatic carbocycles. The summed E-state index contributed by atoms with van der Waals surface area (Å²) >= 11 is 0. The number of hydrogen-bond acceptors (Lipinski definition) is 5. The predicted octanol–water partition coefficient (Wildman–Crippen LogP) is 2.80. The molecule has 0 fully saturated rings. The Balaban J connectivity index is 0.000000467. The molecule has 28 heavy (non-hydrogen) atoms. The number of carbonyl (C=O) groups is 2. The Hall–Kier alpha value is -2.87. The first-order valence-corrected chi connectivity index (χ1v) is 9.05. The number of aliphatic hydroxyl groups is 1. The number of aliphatic carboxylic acids is 1. The molecule has 0 aliphatic heterocycles. The average Bonchev–Trinajstić information content (AvgIpc) is 3.02. The third-order valence-corrected chi connectivity index (χ3v) is 3.71. The number of carboxylic acids is 1. The zero-order valence-electron chi connectivity index (χ0n) is 16.7. The van der Waals surface area contributed by atoms with Crippen LogP contribution in [-0.4, -0.2) is 44.6 Å². The summed E-state index contributed by atoms with van der Waals surface area (Å²) in [7, 11) is 0. The minimum atomic E-state index is -1.66. The molecule has 2 rings (SSSR count). The van der Waals surface area contributed by atoms with Crippen LogP contribution in [0.4, 0.5) is 4.79 Å². The number of H-pyrrole nitrogens is 1. The summed E-state index contributed by atoms with van der Waals surface area (Å²) in [5.41, 5.74) is 3.00.